The molecule has 1 atom stereocenters. The highest BCUT2D eigenvalue weighted by Gasteiger charge is 2.05. The lowest BCUT2D eigenvalue weighted by Gasteiger charge is -2.01. The quantitative estimate of drug-likeness (QED) is 0.858. The van der Waals surface area contributed by atoms with E-state index in [4.69, 9.17) is 10.2 Å². The maximum Gasteiger partial charge on any atom is 0.195 e. The molecule has 1 aromatic heterocycles. The van der Waals surface area contributed by atoms with Crippen LogP contribution in [0.1, 0.15) is 31.2 Å². The topological polar surface area (TPSA) is 52.0 Å². The molecule has 3 heteroatoms. The van der Waals surface area contributed by atoms with Crippen molar-refractivity contribution in [2.75, 3.05) is 0 Å². The fourth-order valence-corrected chi connectivity index (χ4v) is 1.76. The molecule has 0 saturated carbocycles. The molecular formula is C13H18N2O. The van der Waals surface area contributed by atoms with Crippen LogP contribution >= 0.6 is 0 Å². The Bertz CT molecular complexity index is 474. The van der Waals surface area contributed by atoms with Crippen molar-refractivity contribution in [3.8, 4) is 0 Å². The highest BCUT2D eigenvalue weighted by Crippen LogP contribution is 2.18. The summed E-state index contributed by atoms with van der Waals surface area (Å²) in [4.78, 5) is 4.44. The van der Waals surface area contributed by atoms with Gasteiger partial charge in [0.15, 0.2) is 11.5 Å². The van der Waals surface area contributed by atoms with Crippen molar-refractivity contribution in [3.05, 3.63) is 29.7 Å². The number of hydrogen-bond donors (Lipinski definition) is 1. The summed E-state index contributed by atoms with van der Waals surface area (Å²) >= 11 is 0. The lowest BCUT2D eigenvalue weighted by Crippen LogP contribution is -2.14. The van der Waals surface area contributed by atoms with Gasteiger partial charge < -0.3 is 10.2 Å². The van der Waals surface area contributed by atoms with Gasteiger partial charge in [0.2, 0.25) is 0 Å². The first-order chi connectivity index (χ1) is 7.65. The third-order valence-corrected chi connectivity index (χ3v) is 2.64. The van der Waals surface area contributed by atoms with E-state index in [2.05, 4.69) is 18.0 Å². The van der Waals surface area contributed by atoms with E-state index in [0.29, 0.717) is 0 Å². The van der Waals surface area contributed by atoms with E-state index in [1.807, 2.05) is 19.1 Å². The second-order valence-electron chi connectivity index (χ2n) is 4.45. The van der Waals surface area contributed by atoms with E-state index in [0.717, 1.165) is 36.3 Å². The first-order valence-electron chi connectivity index (χ1n) is 5.77. The third-order valence-electron chi connectivity index (χ3n) is 2.64. The molecule has 0 radical (unpaired) electrons. The summed E-state index contributed by atoms with van der Waals surface area (Å²) < 4.78 is 5.68. The van der Waals surface area contributed by atoms with E-state index in [9.17, 15) is 0 Å². The Hall–Kier alpha value is -1.35. The SMILES string of the molecule is Cc1ccc2nc(CCCC(C)N)oc2c1. The van der Waals surface area contributed by atoms with Crippen LogP contribution in [0.5, 0.6) is 0 Å². The van der Waals surface area contributed by atoms with E-state index in [1.54, 1.807) is 0 Å². The van der Waals surface area contributed by atoms with Gasteiger partial charge in [-0.15, -0.1) is 0 Å². The Morgan fingerprint density at radius 1 is 1.44 bits per heavy atom. The van der Waals surface area contributed by atoms with Gasteiger partial charge in [-0.25, -0.2) is 4.98 Å². The minimum atomic E-state index is 0.256. The van der Waals surface area contributed by atoms with Gasteiger partial charge in [-0.3, -0.25) is 0 Å². The van der Waals surface area contributed by atoms with Crippen LogP contribution in [0.3, 0.4) is 0 Å². The number of aryl methyl sites for hydroxylation is 2. The minimum Gasteiger partial charge on any atom is -0.441 e. The van der Waals surface area contributed by atoms with Crippen LogP contribution in [0.25, 0.3) is 11.1 Å². The summed E-state index contributed by atoms with van der Waals surface area (Å²) in [5.41, 5.74) is 8.73. The zero-order chi connectivity index (χ0) is 11.5. The van der Waals surface area contributed by atoms with Crippen LogP contribution in [0.2, 0.25) is 0 Å². The van der Waals surface area contributed by atoms with E-state index in [-0.39, 0.29) is 6.04 Å². The van der Waals surface area contributed by atoms with Gasteiger partial charge in [0.25, 0.3) is 0 Å². The van der Waals surface area contributed by atoms with Gasteiger partial charge in [-0.1, -0.05) is 6.07 Å². The molecule has 2 aromatic rings. The summed E-state index contributed by atoms with van der Waals surface area (Å²) in [7, 11) is 0. The predicted octanol–water partition coefficient (Wildman–Crippen LogP) is 2.81. The summed E-state index contributed by atoms with van der Waals surface area (Å²) in [5, 5.41) is 0. The Morgan fingerprint density at radius 3 is 3.00 bits per heavy atom. The zero-order valence-corrected chi connectivity index (χ0v) is 9.86. The van der Waals surface area contributed by atoms with Crippen molar-refractivity contribution in [2.45, 2.75) is 39.2 Å². The van der Waals surface area contributed by atoms with Gasteiger partial charge in [0, 0.05) is 12.5 Å². The van der Waals surface area contributed by atoms with Crippen LogP contribution in [-0.4, -0.2) is 11.0 Å². The van der Waals surface area contributed by atoms with Crippen LogP contribution in [0.15, 0.2) is 22.6 Å². The maximum atomic E-state index is 5.70. The molecule has 0 amide bonds. The van der Waals surface area contributed by atoms with Crippen LogP contribution in [-0.2, 0) is 6.42 Å². The Balaban J connectivity index is 2.08. The second-order valence-corrected chi connectivity index (χ2v) is 4.45. The summed E-state index contributed by atoms with van der Waals surface area (Å²) in [5.74, 6) is 0.821. The lowest BCUT2D eigenvalue weighted by atomic mass is 10.1. The van der Waals surface area contributed by atoms with Crippen molar-refractivity contribution < 1.29 is 4.42 Å². The van der Waals surface area contributed by atoms with Crippen LogP contribution in [0, 0.1) is 6.92 Å². The van der Waals surface area contributed by atoms with E-state index in [1.165, 1.54) is 5.56 Å². The normalized spacial score (nSPS) is 13.2. The number of rotatable bonds is 4. The molecule has 86 valence electrons. The second kappa shape index (κ2) is 4.66. The molecule has 1 heterocycles. The lowest BCUT2D eigenvalue weighted by molar-refractivity contribution is 0.503. The first kappa shape index (κ1) is 11.1. The summed E-state index contributed by atoms with van der Waals surface area (Å²) in [6.07, 6.45) is 2.91. The molecule has 0 bridgehead atoms. The summed E-state index contributed by atoms with van der Waals surface area (Å²) in [6, 6.07) is 6.34. The van der Waals surface area contributed by atoms with Gasteiger partial charge in [-0.05, 0) is 44.4 Å². The average Bonchev–Trinajstić information content (AvgIpc) is 2.58. The Morgan fingerprint density at radius 2 is 2.25 bits per heavy atom. The number of hydrogen-bond acceptors (Lipinski definition) is 3. The molecule has 2 N–H and O–H groups in total. The fourth-order valence-electron chi connectivity index (χ4n) is 1.76. The van der Waals surface area contributed by atoms with Crippen molar-refractivity contribution in [1.82, 2.24) is 4.98 Å². The van der Waals surface area contributed by atoms with Crippen molar-refractivity contribution in [1.29, 1.82) is 0 Å². The van der Waals surface area contributed by atoms with Gasteiger partial charge in [0.1, 0.15) is 5.52 Å². The van der Waals surface area contributed by atoms with Gasteiger partial charge in [0.05, 0.1) is 0 Å². The molecule has 2 rings (SSSR count). The number of fused-ring (bicyclic) bond motifs is 1. The monoisotopic (exact) mass is 218 g/mol. The van der Waals surface area contributed by atoms with E-state index >= 15 is 0 Å². The highest BCUT2D eigenvalue weighted by atomic mass is 16.3. The summed E-state index contributed by atoms with van der Waals surface area (Å²) in [6.45, 7) is 4.08. The molecule has 1 unspecified atom stereocenters. The highest BCUT2D eigenvalue weighted by molar-refractivity contribution is 5.73. The Labute approximate surface area is 95.7 Å². The fraction of sp³-hybridized carbons (Fsp3) is 0.462. The molecule has 0 saturated heterocycles. The number of nitrogens with zero attached hydrogens (tertiary/aromatic N) is 1. The molecule has 1 aromatic carbocycles. The third kappa shape index (κ3) is 2.61. The Kier molecular flexibility index (Phi) is 3.25. The first-order valence-corrected chi connectivity index (χ1v) is 5.77. The maximum absolute atomic E-state index is 5.70. The molecule has 0 aliphatic rings. The van der Waals surface area contributed by atoms with Crippen molar-refractivity contribution >= 4 is 11.1 Å². The van der Waals surface area contributed by atoms with Crippen molar-refractivity contribution in [3.63, 3.8) is 0 Å². The number of oxazole rings is 1. The van der Waals surface area contributed by atoms with Crippen molar-refractivity contribution in [2.24, 2.45) is 5.73 Å². The number of benzene rings is 1. The predicted molar refractivity (Wildman–Crippen MR) is 65.3 cm³/mol. The zero-order valence-electron chi connectivity index (χ0n) is 9.86. The van der Waals surface area contributed by atoms with Gasteiger partial charge >= 0.3 is 0 Å². The van der Waals surface area contributed by atoms with E-state index < -0.39 is 0 Å². The van der Waals surface area contributed by atoms with Gasteiger partial charge in [-0.2, -0.15) is 0 Å². The molecular weight excluding hydrogens is 200 g/mol. The number of aromatic nitrogens is 1. The standard InChI is InChI=1S/C13H18N2O/c1-9-6-7-11-12(8-9)16-13(15-11)5-3-4-10(2)14/h6-8,10H,3-5,14H2,1-2H3. The largest absolute Gasteiger partial charge is 0.441 e. The molecule has 3 nitrogen and oxygen atoms in total. The van der Waals surface area contributed by atoms with Crippen LogP contribution < -0.4 is 5.73 Å². The van der Waals surface area contributed by atoms with Crippen LogP contribution in [0.4, 0.5) is 0 Å². The molecule has 0 aliphatic carbocycles. The molecule has 0 fully saturated rings. The smallest absolute Gasteiger partial charge is 0.195 e. The average molecular weight is 218 g/mol. The molecule has 0 spiro atoms. The molecule has 0 aliphatic heterocycles. The number of nitrogens with two attached hydrogens (primary N) is 1. The minimum absolute atomic E-state index is 0.256. The molecule has 16 heavy (non-hydrogen) atoms.